The van der Waals surface area contributed by atoms with Gasteiger partial charge in [0.2, 0.25) is 0 Å². The molecule has 1 saturated heterocycles. The summed E-state index contributed by atoms with van der Waals surface area (Å²) in [7, 11) is 1.74. The molecule has 0 aliphatic carbocycles. The van der Waals surface area contributed by atoms with Crippen LogP contribution in [0.1, 0.15) is 28.3 Å². The average Bonchev–Trinajstić information content (AvgIpc) is 3.16. The van der Waals surface area contributed by atoms with E-state index in [0.29, 0.717) is 36.2 Å². The molecule has 4 rings (SSSR count). The summed E-state index contributed by atoms with van der Waals surface area (Å²) >= 11 is 6.26. The average molecular weight is 449 g/mol. The van der Waals surface area contributed by atoms with E-state index in [-0.39, 0.29) is 16.5 Å². The predicted octanol–water partition coefficient (Wildman–Crippen LogP) is 4.03. The fourth-order valence-electron chi connectivity index (χ4n) is 3.92. The van der Waals surface area contributed by atoms with Crippen LogP contribution in [0.25, 0.3) is 11.1 Å². The first-order valence-electron chi connectivity index (χ1n) is 9.78. The van der Waals surface area contributed by atoms with Gasteiger partial charge < -0.3 is 10.6 Å². The van der Waals surface area contributed by atoms with Crippen molar-refractivity contribution in [3.8, 4) is 11.1 Å². The molecule has 2 aromatic carbocycles. The molecule has 31 heavy (non-hydrogen) atoms. The fourth-order valence-corrected chi connectivity index (χ4v) is 4.21. The van der Waals surface area contributed by atoms with Gasteiger partial charge in [0.15, 0.2) is 11.6 Å². The zero-order valence-corrected chi connectivity index (χ0v) is 17.4. The molecule has 0 bridgehead atoms. The van der Waals surface area contributed by atoms with E-state index in [4.69, 9.17) is 11.6 Å². The van der Waals surface area contributed by atoms with Crippen LogP contribution in [0.3, 0.4) is 0 Å². The van der Waals surface area contributed by atoms with Gasteiger partial charge in [0.05, 0.1) is 16.8 Å². The molecule has 1 aliphatic heterocycles. The smallest absolute Gasteiger partial charge is 0.256 e. The minimum Gasteiger partial charge on any atom is -0.347 e. The maximum absolute atomic E-state index is 14.8. The molecule has 1 aromatic heterocycles. The third-order valence-corrected chi connectivity index (χ3v) is 5.78. The van der Waals surface area contributed by atoms with Crippen molar-refractivity contribution in [2.75, 3.05) is 13.1 Å². The van der Waals surface area contributed by atoms with Gasteiger partial charge in [0.1, 0.15) is 5.82 Å². The summed E-state index contributed by atoms with van der Waals surface area (Å²) < 4.78 is 43.5. The van der Waals surface area contributed by atoms with Crippen LogP contribution in [0.5, 0.6) is 0 Å². The number of nitrogens with one attached hydrogen (secondary N) is 2. The van der Waals surface area contributed by atoms with Gasteiger partial charge >= 0.3 is 0 Å². The van der Waals surface area contributed by atoms with Gasteiger partial charge in [-0.3, -0.25) is 9.48 Å². The van der Waals surface area contributed by atoms with Crippen LogP contribution in [0, 0.1) is 17.5 Å². The molecule has 1 fully saturated rings. The van der Waals surface area contributed by atoms with Crippen LogP contribution in [0.4, 0.5) is 13.2 Å². The molecule has 162 valence electrons. The zero-order valence-electron chi connectivity index (χ0n) is 16.6. The first kappa shape index (κ1) is 21.4. The third-order valence-electron chi connectivity index (χ3n) is 5.48. The Labute approximate surface area is 182 Å². The summed E-state index contributed by atoms with van der Waals surface area (Å²) in [4.78, 5) is 12.9. The molecule has 9 heteroatoms. The van der Waals surface area contributed by atoms with Gasteiger partial charge in [-0.25, -0.2) is 13.2 Å². The fraction of sp³-hybridized carbons (Fsp3) is 0.273. The van der Waals surface area contributed by atoms with E-state index in [1.54, 1.807) is 24.1 Å². The van der Waals surface area contributed by atoms with E-state index in [2.05, 4.69) is 15.7 Å². The predicted molar refractivity (Wildman–Crippen MR) is 111 cm³/mol. The number of piperidine rings is 1. The lowest BCUT2D eigenvalue weighted by Crippen LogP contribution is -2.50. The molecule has 1 amide bonds. The summed E-state index contributed by atoms with van der Waals surface area (Å²) in [5.74, 6) is -3.54. The van der Waals surface area contributed by atoms with E-state index in [9.17, 15) is 18.0 Å². The molecule has 2 heterocycles. The van der Waals surface area contributed by atoms with Crippen molar-refractivity contribution in [1.29, 1.82) is 0 Å². The number of carbonyl (C=O) groups is 1. The SMILES string of the molecule is Cn1cc(-c2cc(F)c(C(=O)N[C@@H]3CNCC[C@H]3c3ccc(F)c(F)c3)c(Cl)c2)cn1. The zero-order chi connectivity index (χ0) is 22.1. The summed E-state index contributed by atoms with van der Waals surface area (Å²) in [6.45, 7) is 1.06. The number of hydrogen-bond donors (Lipinski definition) is 2. The number of nitrogens with zero attached hydrogens (tertiary/aromatic N) is 2. The van der Waals surface area contributed by atoms with Crippen molar-refractivity contribution in [1.82, 2.24) is 20.4 Å². The highest BCUT2D eigenvalue weighted by atomic mass is 35.5. The van der Waals surface area contributed by atoms with Crippen LogP contribution in [0.15, 0.2) is 42.7 Å². The Kier molecular flexibility index (Phi) is 6.02. The summed E-state index contributed by atoms with van der Waals surface area (Å²) in [5, 5.41) is 9.99. The highest BCUT2D eigenvalue weighted by Crippen LogP contribution is 2.30. The van der Waals surface area contributed by atoms with Crippen molar-refractivity contribution in [2.45, 2.75) is 18.4 Å². The number of benzene rings is 2. The lowest BCUT2D eigenvalue weighted by Gasteiger charge is -2.33. The molecule has 0 radical (unpaired) electrons. The molecule has 0 saturated carbocycles. The van der Waals surface area contributed by atoms with Crippen LogP contribution < -0.4 is 10.6 Å². The second-order valence-electron chi connectivity index (χ2n) is 7.57. The van der Waals surface area contributed by atoms with Gasteiger partial charge in [-0.2, -0.15) is 5.10 Å². The molecule has 0 spiro atoms. The molecule has 0 unspecified atom stereocenters. The van der Waals surface area contributed by atoms with Crippen LogP contribution in [0.2, 0.25) is 5.02 Å². The number of amides is 1. The van der Waals surface area contributed by atoms with Crippen molar-refractivity contribution < 1.29 is 18.0 Å². The Morgan fingerprint density at radius 1 is 1.16 bits per heavy atom. The Morgan fingerprint density at radius 2 is 1.97 bits per heavy atom. The lowest BCUT2D eigenvalue weighted by molar-refractivity contribution is 0.0920. The van der Waals surface area contributed by atoms with E-state index in [0.717, 1.165) is 12.1 Å². The topological polar surface area (TPSA) is 59.0 Å². The number of aryl methyl sites for hydroxylation is 1. The van der Waals surface area contributed by atoms with Crippen molar-refractivity contribution >= 4 is 17.5 Å². The molecular weight excluding hydrogens is 429 g/mol. The van der Waals surface area contributed by atoms with E-state index >= 15 is 0 Å². The van der Waals surface area contributed by atoms with Crippen molar-refractivity contribution in [2.24, 2.45) is 7.05 Å². The van der Waals surface area contributed by atoms with E-state index in [1.807, 2.05) is 0 Å². The first-order chi connectivity index (χ1) is 14.8. The lowest BCUT2D eigenvalue weighted by atomic mass is 9.85. The van der Waals surface area contributed by atoms with Gasteiger partial charge in [0.25, 0.3) is 5.91 Å². The number of aromatic nitrogens is 2. The third kappa shape index (κ3) is 4.45. The minimum absolute atomic E-state index is 0.0236. The van der Waals surface area contributed by atoms with Crippen molar-refractivity contribution in [3.05, 3.63) is 76.3 Å². The molecular formula is C22H20ClF3N4O. The molecule has 5 nitrogen and oxygen atoms in total. The van der Waals surface area contributed by atoms with Gasteiger partial charge in [-0.1, -0.05) is 17.7 Å². The molecule has 1 aliphatic rings. The Morgan fingerprint density at radius 3 is 2.65 bits per heavy atom. The number of rotatable bonds is 4. The van der Waals surface area contributed by atoms with Gasteiger partial charge in [-0.15, -0.1) is 0 Å². The largest absolute Gasteiger partial charge is 0.347 e. The maximum atomic E-state index is 14.8. The molecule has 2 N–H and O–H groups in total. The van der Waals surface area contributed by atoms with Crippen molar-refractivity contribution in [3.63, 3.8) is 0 Å². The first-order valence-corrected chi connectivity index (χ1v) is 10.2. The highest BCUT2D eigenvalue weighted by Gasteiger charge is 2.30. The van der Waals surface area contributed by atoms with E-state index < -0.39 is 29.4 Å². The second-order valence-corrected chi connectivity index (χ2v) is 7.98. The van der Waals surface area contributed by atoms with Crippen LogP contribution >= 0.6 is 11.6 Å². The second kappa shape index (κ2) is 8.72. The minimum atomic E-state index is -0.943. The molecule has 2 atom stereocenters. The van der Waals surface area contributed by atoms with Crippen LogP contribution in [-0.4, -0.2) is 34.8 Å². The Hall–Kier alpha value is -2.84. The maximum Gasteiger partial charge on any atom is 0.256 e. The number of carbonyl (C=O) groups excluding carboxylic acids is 1. The quantitative estimate of drug-likeness (QED) is 0.633. The number of halogens is 4. The standard InChI is InChI=1S/C22H20ClF3N4O/c1-30-11-14(9-28-30)13-6-16(23)21(19(26)8-13)22(31)29-20-10-27-5-4-15(20)12-2-3-17(24)18(25)7-12/h2-3,6-9,11,15,20,27H,4-5,10H2,1H3,(H,29,31)/t15-,20+/m0/s1. The number of hydrogen-bond acceptors (Lipinski definition) is 3. The molecule has 3 aromatic rings. The summed E-state index contributed by atoms with van der Waals surface area (Å²) in [6, 6.07) is 6.02. The highest BCUT2D eigenvalue weighted by molar-refractivity contribution is 6.34. The Balaban J connectivity index is 1.58. The van der Waals surface area contributed by atoms with E-state index in [1.165, 1.54) is 18.2 Å². The monoisotopic (exact) mass is 448 g/mol. The Bertz CT molecular complexity index is 1110. The van der Waals surface area contributed by atoms with Gasteiger partial charge in [-0.05, 0) is 48.4 Å². The van der Waals surface area contributed by atoms with Crippen LogP contribution in [-0.2, 0) is 7.05 Å². The summed E-state index contributed by atoms with van der Waals surface area (Å²) in [5.41, 5.74) is 1.49. The van der Waals surface area contributed by atoms with Gasteiger partial charge in [0, 0.05) is 37.3 Å². The normalized spacial score (nSPS) is 18.7. The summed E-state index contributed by atoms with van der Waals surface area (Å²) in [6.07, 6.45) is 3.89.